The standard InChI is InChI=1S/C21H17N9O2/c1-12-23-18(27-20(22)24-12)17-19(26-15-9-5-6-10-29(15)17)25-14-11-30(21(31)32)28-16(14)13-7-3-2-4-8-13/h2-11,25H,1H3,(H,31,32)(H2,22,23,24,27). The van der Waals surface area contributed by atoms with Crippen LogP contribution in [0.5, 0.6) is 0 Å². The maximum Gasteiger partial charge on any atom is 0.432 e. The molecule has 32 heavy (non-hydrogen) atoms. The van der Waals surface area contributed by atoms with E-state index in [0.717, 1.165) is 10.2 Å². The van der Waals surface area contributed by atoms with Gasteiger partial charge >= 0.3 is 6.09 Å². The zero-order valence-electron chi connectivity index (χ0n) is 16.8. The van der Waals surface area contributed by atoms with Crippen LogP contribution in [0, 0.1) is 6.92 Å². The second-order valence-electron chi connectivity index (χ2n) is 6.91. The first-order chi connectivity index (χ1) is 15.5. The van der Waals surface area contributed by atoms with Gasteiger partial charge in [0.05, 0.1) is 11.9 Å². The number of aromatic nitrogens is 7. The Morgan fingerprint density at radius 1 is 1.03 bits per heavy atom. The third-order valence-corrected chi connectivity index (χ3v) is 4.72. The molecule has 158 valence electrons. The minimum absolute atomic E-state index is 0.0907. The summed E-state index contributed by atoms with van der Waals surface area (Å²) in [6.45, 7) is 1.72. The van der Waals surface area contributed by atoms with Crippen LogP contribution in [0.2, 0.25) is 0 Å². The highest BCUT2D eigenvalue weighted by atomic mass is 16.4. The van der Waals surface area contributed by atoms with E-state index in [-0.39, 0.29) is 5.95 Å². The number of pyridine rings is 1. The highest BCUT2D eigenvalue weighted by Gasteiger charge is 2.21. The van der Waals surface area contributed by atoms with Gasteiger partial charge in [0.1, 0.15) is 22.9 Å². The first kappa shape index (κ1) is 19.2. The van der Waals surface area contributed by atoms with Gasteiger partial charge in [-0.15, -0.1) is 0 Å². The zero-order valence-corrected chi connectivity index (χ0v) is 16.8. The molecule has 11 heteroatoms. The zero-order chi connectivity index (χ0) is 22.2. The van der Waals surface area contributed by atoms with Gasteiger partial charge in [-0.05, 0) is 19.1 Å². The van der Waals surface area contributed by atoms with Crippen molar-refractivity contribution in [2.75, 3.05) is 11.1 Å². The summed E-state index contributed by atoms with van der Waals surface area (Å²) >= 11 is 0. The number of imidazole rings is 1. The summed E-state index contributed by atoms with van der Waals surface area (Å²) < 4.78 is 2.67. The van der Waals surface area contributed by atoms with Gasteiger partial charge in [-0.1, -0.05) is 36.4 Å². The van der Waals surface area contributed by atoms with Crippen molar-refractivity contribution < 1.29 is 9.90 Å². The number of nitrogens with one attached hydrogen (secondary N) is 1. The van der Waals surface area contributed by atoms with E-state index < -0.39 is 6.09 Å². The quantitative estimate of drug-likeness (QED) is 0.393. The van der Waals surface area contributed by atoms with Crippen LogP contribution in [0.3, 0.4) is 0 Å². The molecule has 1 aromatic carbocycles. The van der Waals surface area contributed by atoms with Crippen LogP contribution >= 0.6 is 0 Å². The van der Waals surface area contributed by atoms with Gasteiger partial charge in [0, 0.05) is 11.8 Å². The minimum Gasteiger partial charge on any atom is -0.463 e. The van der Waals surface area contributed by atoms with E-state index in [1.165, 1.54) is 6.20 Å². The normalized spacial score (nSPS) is 11.0. The second kappa shape index (κ2) is 7.47. The van der Waals surface area contributed by atoms with Gasteiger partial charge in [0.25, 0.3) is 0 Å². The molecule has 0 spiro atoms. The number of hydrogen-bond donors (Lipinski definition) is 3. The van der Waals surface area contributed by atoms with Crippen LogP contribution in [0.4, 0.5) is 22.2 Å². The molecule has 0 atom stereocenters. The number of nitrogens with zero attached hydrogens (tertiary/aromatic N) is 7. The first-order valence-corrected chi connectivity index (χ1v) is 9.60. The predicted molar refractivity (Wildman–Crippen MR) is 118 cm³/mol. The molecule has 4 N–H and O–H groups in total. The van der Waals surface area contributed by atoms with Crippen LogP contribution in [0.1, 0.15) is 5.82 Å². The Bertz CT molecular complexity index is 1440. The predicted octanol–water partition coefficient (Wildman–Crippen LogP) is 3.21. The lowest BCUT2D eigenvalue weighted by atomic mass is 10.1. The van der Waals surface area contributed by atoms with Gasteiger partial charge in [-0.25, -0.2) is 14.8 Å². The van der Waals surface area contributed by atoms with Crippen molar-refractivity contribution in [1.29, 1.82) is 0 Å². The molecule has 0 fully saturated rings. The molecule has 11 nitrogen and oxygen atoms in total. The van der Waals surface area contributed by atoms with Gasteiger partial charge in [-0.3, -0.25) is 4.40 Å². The average Bonchev–Trinajstić information content (AvgIpc) is 3.35. The summed E-state index contributed by atoms with van der Waals surface area (Å²) in [6.07, 6.45) is 2.02. The molecule has 5 rings (SSSR count). The highest BCUT2D eigenvalue weighted by Crippen LogP contribution is 2.33. The van der Waals surface area contributed by atoms with Crippen molar-refractivity contribution >= 4 is 29.2 Å². The van der Waals surface area contributed by atoms with E-state index in [0.29, 0.717) is 40.2 Å². The smallest absolute Gasteiger partial charge is 0.432 e. The van der Waals surface area contributed by atoms with E-state index >= 15 is 0 Å². The molecular formula is C21H17N9O2. The van der Waals surface area contributed by atoms with E-state index in [2.05, 4.69) is 30.4 Å². The molecule has 0 aliphatic heterocycles. The molecule has 0 saturated heterocycles. The number of aryl methyl sites for hydroxylation is 1. The average molecular weight is 427 g/mol. The molecule has 0 unspecified atom stereocenters. The number of carboxylic acid groups (broad SMARTS) is 1. The SMILES string of the molecule is Cc1nc(N)nc(-c2c(Nc3cn(C(=O)O)nc3-c3ccccc3)nc3ccccn23)n1. The monoisotopic (exact) mass is 427 g/mol. The highest BCUT2D eigenvalue weighted by molar-refractivity contribution is 5.84. The Labute approximate surface area is 181 Å². The first-order valence-electron chi connectivity index (χ1n) is 9.60. The molecule has 0 bridgehead atoms. The molecule has 4 aromatic heterocycles. The number of nitrogen functional groups attached to an aromatic ring is 1. The molecule has 0 aliphatic rings. The van der Waals surface area contributed by atoms with Crippen LogP contribution in [-0.4, -0.2) is 45.3 Å². The third-order valence-electron chi connectivity index (χ3n) is 4.72. The van der Waals surface area contributed by atoms with Crippen LogP contribution in [0.25, 0.3) is 28.4 Å². The summed E-state index contributed by atoms with van der Waals surface area (Å²) in [5.41, 5.74) is 8.73. The lowest BCUT2D eigenvalue weighted by molar-refractivity contribution is 0.192. The van der Waals surface area contributed by atoms with Gasteiger partial charge in [0.2, 0.25) is 5.95 Å². The summed E-state index contributed by atoms with van der Waals surface area (Å²) in [5.74, 6) is 1.31. The van der Waals surface area contributed by atoms with E-state index in [1.54, 1.807) is 6.92 Å². The maximum atomic E-state index is 11.6. The Kier molecular flexibility index (Phi) is 4.48. The van der Waals surface area contributed by atoms with Gasteiger partial charge < -0.3 is 16.2 Å². The lowest BCUT2D eigenvalue weighted by Crippen LogP contribution is -2.08. The van der Waals surface area contributed by atoms with E-state index in [4.69, 9.17) is 5.73 Å². The molecule has 4 heterocycles. The number of benzene rings is 1. The molecular weight excluding hydrogens is 410 g/mol. The second-order valence-corrected chi connectivity index (χ2v) is 6.91. The fourth-order valence-electron chi connectivity index (χ4n) is 3.41. The number of anilines is 3. The number of fused-ring (bicyclic) bond motifs is 1. The molecule has 0 amide bonds. The molecule has 0 aliphatic carbocycles. The topological polar surface area (TPSA) is 149 Å². The Balaban J connectivity index is 1.70. The number of carbonyl (C=O) groups is 1. The van der Waals surface area contributed by atoms with Crippen molar-refractivity contribution in [3.8, 4) is 22.8 Å². The minimum atomic E-state index is -1.20. The molecule has 5 aromatic rings. The lowest BCUT2D eigenvalue weighted by Gasteiger charge is -2.08. The Morgan fingerprint density at radius 3 is 2.56 bits per heavy atom. The van der Waals surface area contributed by atoms with Crippen LogP contribution < -0.4 is 11.1 Å². The van der Waals surface area contributed by atoms with Crippen molar-refractivity contribution in [3.63, 3.8) is 0 Å². The van der Waals surface area contributed by atoms with Crippen molar-refractivity contribution in [1.82, 2.24) is 34.1 Å². The fourth-order valence-corrected chi connectivity index (χ4v) is 3.41. The summed E-state index contributed by atoms with van der Waals surface area (Å²) in [6, 6.07) is 14.8. The van der Waals surface area contributed by atoms with E-state index in [9.17, 15) is 9.90 Å². The van der Waals surface area contributed by atoms with Crippen LogP contribution in [0.15, 0.2) is 60.9 Å². The Hall–Kier alpha value is -4.80. The van der Waals surface area contributed by atoms with E-state index in [1.807, 2.05) is 59.1 Å². The third kappa shape index (κ3) is 3.37. The van der Waals surface area contributed by atoms with Crippen LogP contribution in [-0.2, 0) is 0 Å². The number of rotatable bonds is 4. The summed E-state index contributed by atoms with van der Waals surface area (Å²) in [7, 11) is 0. The summed E-state index contributed by atoms with van der Waals surface area (Å²) in [4.78, 5) is 29.0. The fraction of sp³-hybridized carbons (Fsp3) is 0.0476. The van der Waals surface area contributed by atoms with Gasteiger partial charge in [0.15, 0.2) is 11.6 Å². The van der Waals surface area contributed by atoms with Crippen molar-refractivity contribution in [2.45, 2.75) is 6.92 Å². The number of hydrogen-bond acceptors (Lipinski definition) is 8. The Morgan fingerprint density at radius 2 is 1.81 bits per heavy atom. The summed E-state index contributed by atoms with van der Waals surface area (Å²) in [5, 5.41) is 16.9. The molecule has 0 saturated carbocycles. The largest absolute Gasteiger partial charge is 0.463 e. The van der Waals surface area contributed by atoms with Gasteiger partial charge in [-0.2, -0.15) is 19.7 Å². The van der Waals surface area contributed by atoms with Crippen molar-refractivity contribution in [3.05, 3.63) is 66.7 Å². The molecule has 0 radical (unpaired) electrons. The van der Waals surface area contributed by atoms with Crippen molar-refractivity contribution in [2.24, 2.45) is 0 Å². The maximum absolute atomic E-state index is 11.6. The number of nitrogens with two attached hydrogens (primary N) is 1.